The van der Waals surface area contributed by atoms with Gasteiger partial charge >= 0.3 is 5.69 Å². The Morgan fingerprint density at radius 1 is 1.23 bits per heavy atom. The molecule has 4 aromatic rings. The van der Waals surface area contributed by atoms with Crippen LogP contribution in [0.1, 0.15) is 15.9 Å². The number of benzene rings is 1. The lowest BCUT2D eigenvalue weighted by Gasteiger charge is -2.11. The molecule has 0 fully saturated rings. The van der Waals surface area contributed by atoms with Crippen LogP contribution >= 0.6 is 23.2 Å². The number of anilines is 1. The second-order valence-corrected chi connectivity index (χ2v) is 7.24. The normalized spacial score (nSPS) is 11.0. The monoisotopic (exact) mass is 444 g/mol. The molecule has 0 saturated carbocycles. The number of aryl methyl sites for hydroxylation is 1. The average molecular weight is 445 g/mol. The summed E-state index contributed by atoms with van der Waals surface area (Å²) in [4.78, 5) is 42.8. The van der Waals surface area contributed by atoms with Gasteiger partial charge < -0.3 is 5.32 Å². The Kier molecular flexibility index (Phi) is 5.15. The molecule has 1 aromatic carbocycles. The van der Waals surface area contributed by atoms with Crippen molar-refractivity contribution in [2.24, 2.45) is 7.05 Å². The van der Waals surface area contributed by atoms with Crippen molar-refractivity contribution < 1.29 is 4.79 Å². The van der Waals surface area contributed by atoms with Crippen molar-refractivity contribution in [3.63, 3.8) is 0 Å². The van der Waals surface area contributed by atoms with Crippen molar-refractivity contribution in [3.8, 4) is 0 Å². The van der Waals surface area contributed by atoms with Gasteiger partial charge in [0.2, 0.25) is 0 Å². The largest absolute Gasteiger partial charge is 0.329 e. The number of nitrogens with zero attached hydrogens (tertiary/aromatic N) is 4. The molecule has 1 amide bonds. The topological polar surface area (TPSA) is 115 Å². The Bertz CT molecular complexity index is 1410. The number of fused-ring (bicyclic) bond motifs is 1. The number of rotatable bonds is 4. The number of hydrogen-bond acceptors (Lipinski definition) is 5. The maximum atomic E-state index is 12.7. The highest BCUT2D eigenvalue weighted by atomic mass is 35.5. The highest BCUT2D eigenvalue weighted by Gasteiger charge is 2.15. The van der Waals surface area contributed by atoms with Crippen molar-refractivity contribution in [1.82, 2.24) is 24.3 Å². The summed E-state index contributed by atoms with van der Waals surface area (Å²) in [6.45, 7) is 0.291. The first-order valence-corrected chi connectivity index (χ1v) is 9.46. The van der Waals surface area contributed by atoms with E-state index in [0.29, 0.717) is 22.4 Å². The highest BCUT2D eigenvalue weighted by molar-refractivity contribution is 6.42. The van der Waals surface area contributed by atoms with Gasteiger partial charge in [-0.05, 0) is 17.7 Å². The number of pyridine rings is 1. The number of halogens is 2. The number of aromatic amines is 1. The quantitative estimate of drug-likeness (QED) is 0.501. The number of H-pyrrole nitrogens is 1. The molecule has 0 unspecified atom stereocenters. The van der Waals surface area contributed by atoms with Gasteiger partial charge in [-0.2, -0.15) is 5.10 Å². The Balaban J connectivity index is 1.63. The van der Waals surface area contributed by atoms with Crippen LogP contribution in [0.25, 0.3) is 11.0 Å². The first-order valence-electron chi connectivity index (χ1n) is 8.70. The Labute approximate surface area is 178 Å². The van der Waals surface area contributed by atoms with E-state index in [9.17, 15) is 14.4 Å². The smallest absolute Gasteiger partial charge is 0.307 e. The molecule has 0 radical (unpaired) electrons. The van der Waals surface area contributed by atoms with Crippen molar-refractivity contribution >= 4 is 46.0 Å². The fourth-order valence-electron chi connectivity index (χ4n) is 2.95. The van der Waals surface area contributed by atoms with Crippen LogP contribution in [-0.2, 0) is 13.6 Å². The fourth-order valence-corrected chi connectivity index (χ4v) is 3.33. The minimum atomic E-state index is -0.615. The first-order chi connectivity index (χ1) is 14.3. The summed E-state index contributed by atoms with van der Waals surface area (Å²) in [6, 6.07) is 8.28. The van der Waals surface area contributed by atoms with E-state index in [1.54, 1.807) is 22.9 Å². The van der Waals surface area contributed by atoms with E-state index in [4.69, 9.17) is 23.2 Å². The van der Waals surface area contributed by atoms with Gasteiger partial charge in [0, 0.05) is 19.3 Å². The van der Waals surface area contributed by atoms with Gasteiger partial charge in [-0.15, -0.1) is 0 Å². The lowest BCUT2D eigenvalue weighted by molar-refractivity contribution is 0.102. The van der Waals surface area contributed by atoms with Crippen molar-refractivity contribution in [2.75, 3.05) is 5.32 Å². The maximum absolute atomic E-state index is 12.7. The standard InChI is InChI=1S/C19H14Cl2N6O3/c1-26-16-12(18(29)25-19(26)30)7-11(8-22-16)17(28)24-14-5-6-23-27(14)9-10-3-2-4-13(20)15(10)21/h2-8H,9H2,1H3,(H,24,28)(H,25,29,30). The number of aromatic nitrogens is 5. The second kappa shape index (κ2) is 7.77. The van der Waals surface area contributed by atoms with Gasteiger partial charge in [0.1, 0.15) is 11.5 Å². The fraction of sp³-hybridized carbons (Fsp3) is 0.105. The zero-order valence-corrected chi connectivity index (χ0v) is 17.0. The molecular weight excluding hydrogens is 431 g/mol. The van der Waals surface area contributed by atoms with Gasteiger partial charge in [-0.3, -0.25) is 19.1 Å². The van der Waals surface area contributed by atoms with Crippen LogP contribution < -0.4 is 16.6 Å². The van der Waals surface area contributed by atoms with Gasteiger partial charge in [0.15, 0.2) is 0 Å². The summed E-state index contributed by atoms with van der Waals surface area (Å²) in [5.74, 6) is -0.0675. The van der Waals surface area contributed by atoms with Crippen LogP contribution in [0.3, 0.4) is 0 Å². The summed E-state index contributed by atoms with van der Waals surface area (Å²) in [6.07, 6.45) is 2.83. The zero-order valence-electron chi connectivity index (χ0n) is 15.5. The molecule has 9 nitrogen and oxygen atoms in total. The molecule has 0 aliphatic carbocycles. The van der Waals surface area contributed by atoms with Gasteiger partial charge in [0.25, 0.3) is 11.5 Å². The summed E-state index contributed by atoms with van der Waals surface area (Å²) >= 11 is 12.3. The molecule has 0 spiro atoms. The molecule has 11 heteroatoms. The minimum Gasteiger partial charge on any atom is -0.307 e. The lowest BCUT2D eigenvalue weighted by atomic mass is 10.2. The maximum Gasteiger partial charge on any atom is 0.329 e. The van der Waals surface area contributed by atoms with E-state index >= 15 is 0 Å². The Morgan fingerprint density at radius 2 is 2.03 bits per heavy atom. The first kappa shape index (κ1) is 19.9. The van der Waals surface area contributed by atoms with E-state index in [1.807, 2.05) is 6.07 Å². The molecule has 3 aromatic heterocycles. The third kappa shape index (κ3) is 3.60. The molecule has 0 atom stereocenters. The van der Waals surface area contributed by atoms with Crippen molar-refractivity contribution in [3.05, 3.63) is 84.7 Å². The summed E-state index contributed by atoms with van der Waals surface area (Å²) < 4.78 is 2.75. The molecule has 2 N–H and O–H groups in total. The molecule has 0 saturated heterocycles. The number of carbonyl (C=O) groups excluding carboxylic acids is 1. The minimum absolute atomic E-state index is 0.129. The van der Waals surface area contributed by atoms with Gasteiger partial charge in [-0.1, -0.05) is 35.3 Å². The summed E-state index contributed by atoms with van der Waals surface area (Å²) in [5, 5.41) is 7.91. The SMILES string of the molecule is Cn1c(=O)[nH]c(=O)c2cc(C(=O)Nc3ccnn3Cc3cccc(Cl)c3Cl)cnc21. The van der Waals surface area contributed by atoms with E-state index < -0.39 is 17.2 Å². The van der Waals surface area contributed by atoms with E-state index in [2.05, 4.69) is 20.4 Å². The van der Waals surface area contributed by atoms with Crippen molar-refractivity contribution in [2.45, 2.75) is 6.54 Å². The summed E-state index contributed by atoms with van der Waals surface area (Å²) in [7, 11) is 1.48. The number of amides is 1. The number of carbonyl (C=O) groups is 1. The molecule has 0 aliphatic heterocycles. The molecule has 30 heavy (non-hydrogen) atoms. The zero-order chi connectivity index (χ0) is 21.4. The van der Waals surface area contributed by atoms with E-state index in [0.717, 1.165) is 5.56 Å². The van der Waals surface area contributed by atoms with Crippen LogP contribution in [0, 0.1) is 0 Å². The average Bonchev–Trinajstić information content (AvgIpc) is 3.16. The predicted molar refractivity (Wildman–Crippen MR) is 113 cm³/mol. The second-order valence-electron chi connectivity index (χ2n) is 6.45. The third-order valence-electron chi connectivity index (χ3n) is 4.53. The molecule has 3 heterocycles. The number of nitrogens with one attached hydrogen (secondary N) is 2. The van der Waals surface area contributed by atoms with E-state index in [-0.39, 0.29) is 16.6 Å². The van der Waals surface area contributed by atoms with Gasteiger partial charge in [0.05, 0.1) is 33.7 Å². The van der Waals surface area contributed by atoms with E-state index in [1.165, 1.54) is 30.1 Å². The van der Waals surface area contributed by atoms with Crippen LogP contribution in [0.4, 0.5) is 5.82 Å². The molecular formula is C19H14Cl2N6O3. The molecule has 4 rings (SSSR count). The van der Waals surface area contributed by atoms with Gasteiger partial charge in [-0.25, -0.2) is 14.5 Å². The molecule has 0 aliphatic rings. The Hall–Kier alpha value is -3.43. The predicted octanol–water partition coefficient (Wildman–Crippen LogP) is 2.43. The van der Waals surface area contributed by atoms with Crippen LogP contribution in [-0.4, -0.2) is 30.2 Å². The summed E-state index contributed by atoms with van der Waals surface area (Å²) in [5.41, 5.74) is -0.124. The van der Waals surface area contributed by atoms with Crippen molar-refractivity contribution in [1.29, 1.82) is 0 Å². The van der Waals surface area contributed by atoms with Crippen LogP contribution in [0.2, 0.25) is 10.0 Å². The third-order valence-corrected chi connectivity index (χ3v) is 5.38. The lowest BCUT2D eigenvalue weighted by Crippen LogP contribution is -2.29. The molecule has 152 valence electrons. The van der Waals surface area contributed by atoms with Crippen LogP contribution in [0.15, 0.2) is 52.3 Å². The Morgan fingerprint density at radius 3 is 2.83 bits per heavy atom. The number of hydrogen-bond donors (Lipinski definition) is 2. The highest BCUT2D eigenvalue weighted by Crippen LogP contribution is 2.26. The molecule has 0 bridgehead atoms. The van der Waals surface area contributed by atoms with Crippen LogP contribution in [0.5, 0.6) is 0 Å².